The Morgan fingerprint density at radius 3 is 2.47 bits per heavy atom. The molecule has 0 saturated heterocycles. The van der Waals surface area contributed by atoms with Crippen molar-refractivity contribution in [1.82, 2.24) is 19.3 Å². The summed E-state index contributed by atoms with van der Waals surface area (Å²) in [6.45, 7) is 1.88. The maximum Gasteiger partial charge on any atom is 0.207 e. The molecular formula is C12H11Cl2N5. The lowest BCUT2D eigenvalue weighted by Crippen LogP contribution is -2.06. The minimum atomic E-state index is 0.334. The Hall–Kier alpha value is -1.72. The number of fused-ring (bicyclic) bond motifs is 1. The van der Waals surface area contributed by atoms with Gasteiger partial charge in [-0.25, -0.2) is 9.67 Å². The zero-order chi connectivity index (χ0) is 13.7. The third kappa shape index (κ3) is 1.69. The lowest BCUT2D eigenvalue weighted by Gasteiger charge is -2.10. The fourth-order valence-electron chi connectivity index (χ4n) is 2.21. The van der Waals surface area contributed by atoms with E-state index in [-0.39, 0.29) is 0 Å². The summed E-state index contributed by atoms with van der Waals surface area (Å²) < 4.78 is 3.44. The zero-order valence-electron chi connectivity index (χ0n) is 10.4. The predicted molar refractivity (Wildman–Crippen MR) is 77.0 cm³/mol. The first-order valence-electron chi connectivity index (χ1n) is 5.62. The number of aryl methyl sites for hydroxylation is 2. The molecule has 0 aliphatic carbocycles. The number of imidazole rings is 1. The summed E-state index contributed by atoms with van der Waals surface area (Å²) in [5, 5.41) is 5.35. The molecule has 0 fully saturated rings. The molecule has 1 aromatic carbocycles. The van der Waals surface area contributed by atoms with E-state index in [4.69, 9.17) is 28.9 Å². The van der Waals surface area contributed by atoms with Gasteiger partial charge in [-0.2, -0.15) is 5.10 Å². The molecule has 2 N–H and O–H groups in total. The second-order valence-corrected chi connectivity index (χ2v) is 5.07. The van der Waals surface area contributed by atoms with Gasteiger partial charge in [0, 0.05) is 7.05 Å². The van der Waals surface area contributed by atoms with Crippen molar-refractivity contribution in [2.45, 2.75) is 6.92 Å². The number of halogens is 2. The molecule has 0 radical (unpaired) electrons. The van der Waals surface area contributed by atoms with Crippen LogP contribution in [0.3, 0.4) is 0 Å². The fourth-order valence-corrected chi connectivity index (χ4v) is 2.78. The highest BCUT2D eigenvalue weighted by Gasteiger charge is 2.20. The quantitative estimate of drug-likeness (QED) is 0.751. The molecule has 0 bridgehead atoms. The van der Waals surface area contributed by atoms with E-state index in [2.05, 4.69) is 10.1 Å². The number of benzene rings is 1. The van der Waals surface area contributed by atoms with E-state index in [0.29, 0.717) is 21.7 Å². The van der Waals surface area contributed by atoms with Crippen LogP contribution >= 0.6 is 23.2 Å². The van der Waals surface area contributed by atoms with E-state index >= 15 is 0 Å². The van der Waals surface area contributed by atoms with Crippen molar-refractivity contribution in [3.05, 3.63) is 33.9 Å². The molecule has 98 valence electrons. The van der Waals surface area contributed by atoms with Crippen LogP contribution in [0.2, 0.25) is 10.0 Å². The van der Waals surface area contributed by atoms with Gasteiger partial charge in [0.25, 0.3) is 0 Å². The third-order valence-electron chi connectivity index (χ3n) is 2.99. The maximum absolute atomic E-state index is 6.23. The van der Waals surface area contributed by atoms with Crippen LogP contribution in [0.1, 0.15) is 5.69 Å². The molecule has 3 rings (SSSR count). The number of nitrogens with two attached hydrogens (primary N) is 1. The van der Waals surface area contributed by atoms with Gasteiger partial charge in [0.2, 0.25) is 5.95 Å². The minimum Gasteiger partial charge on any atom is -0.369 e. The van der Waals surface area contributed by atoms with Crippen LogP contribution in [0.25, 0.3) is 16.9 Å². The highest BCUT2D eigenvalue weighted by atomic mass is 35.5. The average Bonchev–Trinajstić information content (AvgIpc) is 2.79. The van der Waals surface area contributed by atoms with Crippen LogP contribution < -0.4 is 5.73 Å². The lowest BCUT2D eigenvalue weighted by atomic mass is 10.3. The Morgan fingerprint density at radius 1 is 1.21 bits per heavy atom. The molecule has 0 saturated carbocycles. The van der Waals surface area contributed by atoms with E-state index in [1.807, 2.05) is 14.0 Å². The van der Waals surface area contributed by atoms with E-state index < -0.39 is 0 Å². The van der Waals surface area contributed by atoms with Crippen molar-refractivity contribution in [3.63, 3.8) is 0 Å². The van der Waals surface area contributed by atoms with Crippen LogP contribution in [0.15, 0.2) is 18.2 Å². The van der Waals surface area contributed by atoms with Crippen molar-refractivity contribution < 1.29 is 0 Å². The summed E-state index contributed by atoms with van der Waals surface area (Å²) >= 11 is 12.5. The third-order valence-corrected chi connectivity index (χ3v) is 3.60. The molecule has 0 unspecified atom stereocenters. The van der Waals surface area contributed by atoms with Gasteiger partial charge >= 0.3 is 0 Å². The summed E-state index contributed by atoms with van der Waals surface area (Å²) in [6, 6.07) is 5.31. The normalized spacial score (nSPS) is 11.4. The van der Waals surface area contributed by atoms with E-state index in [9.17, 15) is 0 Å². The first-order chi connectivity index (χ1) is 9.00. The molecule has 0 spiro atoms. The first-order valence-corrected chi connectivity index (χ1v) is 6.38. The molecule has 19 heavy (non-hydrogen) atoms. The fraction of sp³-hybridized carbons (Fsp3) is 0.167. The van der Waals surface area contributed by atoms with Crippen molar-refractivity contribution in [1.29, 1.82) is 0 Å². The van der Waals surface area contributed by atoms with Gasteiger partial charge < -0.3 is 5.73 Å². The van der Waals surface area contributed by atoms with Crippen molar-refractivity contribution in [2.24, 2.45) is 7.05 Å². The van der Waals surface area contributed by atoms with Crippen LogP contribution in [0.5, 0.6) is 0 Å². The summed E-state index contributed by atoms with van der Waals surface area (Å²) in [5.74, 6) is 0.334. The Bertz CT molecular complexity index is 767. The molecule has 0 atom stereocenters. The summed E-state index contributed by atoms with van der Waals surface area (Å²) in [4.78, 5) is 4.33. The summed E-state index contributed by atoms with van der Waals surface area (Å²) in [5.41, 5.74) is 8.94. The highest BCUT2D eigenvalue weighted by molar-refractivity contribution is 6.37. The number of rotatable bonds is 1. The van der Waals surface area contributed by atoms with Crippen LogP contribution in [-0.4, -0.2) is 19.3 Å². The Balaban J connectivity index is 2.46. The maximum atomic E-state index is 6.23. The summed E-state index contributed by atoms with van der Waals surface area (Å²) in [6.07, 6.45) is 0. The molecule has 0 aliphatic heterocycles. The smallest absolute Gasteiger partial charge is 0.207 e. The minimum absolute atomic E-state index is 0.334. The first kappa shape index (κ1) is 12.3. The molecule has 7 heteroatoms. The molecule has 0 amide bonds. The molecule has 3 aromatic rings. The van der Waals surface area contributed by atoms with Crippen molar-refractivity contribution in [2.75, 3.05) is 5.73 Å². The van der Waals surface area contributed by atoms with E-state index in [1.165, 1.54) is 0 Å². The van der Waals surface area contributed by atoms with Gasteiger partial charge in [0.1, 0.15) is 5.52 Å². The van der Waals surface area contributed by atoms with Gasteiger partial charge in [-0.1, -0.05) is 29.3 Å². The number of aromatic nitrogens is 4. The number of nitrogens with zero attached hydrogens (tertiary/aromatic N) is 4. The Morgan fingerprint density at radius 2 is 1.84 bits per heavy atom. The molecular weight excluding hydrogens is 285 g/mol. The van der Waals surface area contributed by atoms with Crippen LogP contribution in [-0.2, 0) is 7.05 Å². The van der Waals surface area contributed by atoms with Gasteiger partial charge in [-0.15, -0.1) is 0 Å². The van der Waals surface area contributed by atoms with Crippen LogP contribution in [0, 0.1) is 6.92 Å². The average molecular weight is 296 g/mol. The van der Waals surface area contributed by atoms with Crippen molar-refractivity contribution in [3.8, 4) is 5.69 Å². The molecule has 5 nitrogen and oxygen atoms in total. The number of nitrogen functional groups attached to an aromatic ring is 1. The standard InChI is InChI=1S/C12H11Cl2N5/c1-6-9-11(18(2)17-6)19(12(15)16-9)10-7(13)4-3-5-8(10)14/h3-5H,1-2H3,(H2,15,16). The lowest BCUT2D eigenvalue weighted by molar-refractivity contribution is 0.762. The topological polar surface area (TPSA) is 61.7 Å². The monoisotopic (exact) mass is 295 g/mol. The summed E-state index contributed by atoms with van der Waals surface area (Å²) in [7, 11) is 1.83. The van der Waals surface area contributed by atoms with Crippen LogP contribution in [0.4, 0.5) is 5.95 Å². The van der Waals surface area contributed by atoms with E-state index in [0.717, 1.165) is 16.9 Å². The van der Waals surface area contributed by atoms with Gasteiger partial charge in [-0.05, 0) is 19.1 Å². The van der Waals surface area contributed by atoms with Gasteiger partial charge in [-0.3, -0.25) is 4.57 Å². The molecule has 0 aliphatic rings. The number of hydrogen-bond donors (Lipinski definition) is 1. The van der Waals surface area contributed by atoms with Crippen molar-refractivity contribution >= 4 is 40.3 Å². The number of hydrogen-bond acceptors (Lipinski definition) is 3. The highest BCUT2D eigenvalue weighted by Crippen LogP contribution is 2.33. The van der Waals surface area contributed by atoms with E-state index in [1.54, 1.807) is 27.4 Å². The second-order valence-electron chi connectivity index (χ2n) is 4.26. The van der Waals surface area contributed by atoms with Gasteiger partial charge in [0.05, 0.1) is 21.4 Å². The zero-order valence-corrected chi connectivity index (χ0v) is 11.9. The Kier molecular flexibility index (Phi) is 2.69. The Labute approximate surface area is 119 Å². The largest absolute Gasteiger partial charge is 0.369 e. The molecule has 2 aromatic heterocycles. The molecule has 2 heterocycles. The van der Waals surface area contributed by atoms with Gasteiger partial charge in [0.15, 0.2) is 5.65 Å². The number of anilines is 1. The SMILES string of the molecule is Cc1nn(C)c2c1nc(N)n2-c1c(Cl)cccc1Cl. The number of para-hydroxylation sites is 1. The second kappa shape index (κ2) is 4.15. The predicted octanol–water partition coefficient (Wildman–Crippen LogP) is 2.96.